The van der Waals surface area contributed by atoms with Crippen molar-refractivity contribution >= 4 is 17.3 Å². The lowest BCUT2D eigenvalue weighted by atomic mass is 9.97. The van der Waals surface area contributed by atoms with Crippen LogP contribution in [0, 0.1) is 5.82 Å². The first-order valence-electron chi connectivity index (χ1n) is 15.4. The molecule has 2 aliphatic heterocycles. The Kier molecular flexibility index (Phi) is 9.27. The number of alkyl halides is 3. The summed E-state index contributed by atoms with van der Waals surface area (Å²) in [5, 5.41) is 3.09. The van der Waals surface area contributed by atoms with Gasteiger partial charge in [0.15, 0.2) is 5.82 Å². The summed E-state index contributed by atoms with van der Waals surface area (Å²) in [6.07, 6.45) is 4.28. The lowest BCUT2D eigenvalue weighted by Gasteiger charge is -2.43. The van der Waals surface area contributed by atoms with E-state index in [0.717, 1.165) is 62.4 Å². The summed E-state index contributed by atoms with van der Waals surface area (Å²) in [5.74, 6) is 0.121. The van der Waals surface area contributed by atoms with E-state index in [1.54, 1.807) is 18.3 Å². The first-order chi connectivity index (χ1) is 21.7. The van der Waals surface area contributed by atoms with E-state index in [1.165, 1.54) is 37.4 Å². The summed E-state index contributed by atoms with van der Waals surface area (Å²) in [4.78, 5) is 20.5. The van der Waals surface area contributed by atoms with Crippen molar-refractivity contribution in [3.05, 3.63) is 96.2 Å². The molecule has 1 N–H and O–H groups in total. The molecule has 6 rings (SSSR count). The first-order valence-corrected chi connectivity index (χ1v) is 15.4. The largest absolute Gasteiger partial charge is 0.416 e. The van der Waals surface area contributed by atoms with Crippen LogP contribution in [0.1, 0.15) is 36.8 Å². The Morgan fingerprint density at radius 2 is 1.58 bits per heavy atom. The van der Waals surface area contributed by atoms with Crippen LogP contribution in [0.15, 0.2) is 79.3 Å². The quantitative estimate of drug-likeness (QED) is 0.213. The molecule has 2 aliphatic rings. The average Bonchev–Trinajstić information content (AvgIpc) is 3.06. The van der Waals surface area contributed by atoms with Crippen LogP contribution in [0.4, 0.5) is 34.9 Å². The molecule has 0 saturated carbocycles. The van der Waals surface area contributed by atoms with Crippen molar-refractivity contribution in [1.82, 2.24) is 24.8 Å². The van der Waals surface area contributed by atoms with E-state index in [0.29, 0.717) is 35.5 Å². The van der Waals surface area contributed by atoms with Crippen molar-refractivity contribution in [2.24, 2.45) is 0 Å². The minimum Gasteiger partial charge on any atom is -0.353 e. The van der Waals surface area contributed by atoms with Gasteiger partial charge >= 0.3 is 6.18 Å². The van der Waals surface area contributed by atoms with Gasteiger partial charge in [0.1, 0.15) is 0 Å². The Morgan fingerprint density at radius 1 is 0.867 bits per heavy atom. The van der Waals surface area contributed by atoms with E-state index in [2.05, 4.69) is 37.0 Å². The van der Waals surface area contributed by atoms with Crippen LogP contribution >= 0.6 is 0 Å². The van der Waals surface area contributed by atoms with Gasteiger partial charge in [-0.2, -0.15) is 13.2 Å². The molecule has 0 unspecified atom stereocenters. The molecule has 4 heterocycles. The highest BCUT2D eigenvalue weighted by molar-refractivity contribution is 5.62. The second-order valence-corrected chi connectivity index (χ2v) is 11.9. The molecule has 45 heavy (non-hydrogen) atoms. The van der Waals surface area contributed by atoms with Gasteiger partial charge in [-0.25, -0.2) is 14.4 Å². The molecule has 0 aliphatic carbocycles. The van der Waals surface area contributed by atoms with E-state index < -0.39 is 17.6 Å². The SMILES string of the molecule is CN1CCC(N2CCC(N(Cc3ccc(Nc4ccncc4F)cc3)c3nccc(-c4ccc(C(F)(F)F)cc4)n3)CC2)CC1. The zero-order valence-electron chi connectivity index (χ0n) is 25.2. The monoisotopic (exact) mass is 619 g/mol. The second-order valence-electron chi connectivity index (χ2n) is 11.9. The highest BCUT2D eigenvalue weighted by Gasteiger charge is 2.32. The van der Waals surface area contributed by atoms with E-state index >= 15 is 0 Å². The lowest BCUT2D eigenvalue weighted by molar-refractivity contribution is -0.137. The maximum atomic E-state index is 14.1. The molecule has 4 aromatic rings. The van der Waals surface area contributed by atoms with Gasteiger partial charge in [0.2, 0.25) is 5.95 Å². The average molecular weight is 620 g/mol. The fourth-order valence-corrected chi connectivity index (χ4v) is 6.29. The third kappa shape index (κ3) is 7.59. The van der Waals surface area contributed by atoms with Crippen molar-refractivity contribution in [3.63, 3.8) is 0 Å². The number of halogens is 4. The topological polar surface area (TPSA) is 60.4 Å². The standard InChI is InChI=1S/C34H37F4N7/c1-43-18-12-28(13-19-43)44-20-14-29(15-21-44)45(23-24-2-8-27(9-3-24)41-32-10-16-39-22-30(32)35)33-40-17-11-31(42-33)25-4-6-26(7-5-25)34(36,37)38/h2-11,16-17,22,28-29H,12-15,18-21,23H2,1H3,(H,39,41). The zero-order valence-corrected chi connectivity index (χ0v) is 25.2. The summed E-state index contributed by atoms with van der Waals surface area (Å²) >= 11 is 0. The number of nitrogens with one attached hydrogen (secondary N) is 1. The van der Waals surface area contributed by atoms with Crippen molar-refractivity contribution in [1.29, 1.82) is 0 Å². The summed E-state index contributed by atoms with van der Waals surface area (Å²) in [6.45, 7) is 4.79. The molecule has 0 spiro atoms. The number of aromatic nitrogens is 3. The molecule has 0 amide bonds. The van der Waals surface area contributed by atoms with Gasteiger partial charge < -0.3 is 20.0 Å². The van der Waals surface area contributed by atoms with Gasteiger partial charge in [-0.15, -0.1) is 0 Å². The third-order valence-corrected chi connectivity index (χ3v) is 8.91. The van der Waals surface area contributed by atoms with Crippen molar-refractivity contribution in [2.45, 2.75) is 50.5 Å². The van der Waals surface area contributed by atoms with E-state index in [1.807, 2.05) is 24.3 Å². The number of hydrogen-bond acceptors (Lipinski definition) is 7. The molecule has 7 nitrogen and oxygen atoms in total. The Morgan fingerprint density at radius 3 is 2.24 bits per heavy atom. The van der Waals surface area contributed by atoms with Gasteiger partial charge in [-0.05, 0) is 87.8 Å². The second kappa shape index (κ2) is 13.5. The minimum atomic E-state index is -4.40. The van der Waals surface area contributed by atoms with Crippen LogP contribution in [0.2, 0.25) is 0 Å². The molecule has 2 fully saturated rings. The van der Waals surface area contributed by atoms with Gasteiger partial charge in [-0.3, -0.25) is 4.98 Å². The Labute approximate surface area is 260 Å². The van der Waals surface area contributed by atoms with E-state index in [9.17, 15) is 17.6 Å². The Bertz CT molecular complexity index is 1550. The molecule has 2 aromatic carbocycles. The summed E-state index contributed by atoms with van der Waals surface area (Å²) in [5.41, 5.74) is 2.62. The number of rotatable bonds is 8. The smallest absolute Gasteiger partial charge is 0.353 e. The maximum absolute atomic E-state index is 14.1. The molecular weight excluding hydrogens is 582 g/mol. The highest BCUT2D eigenvalue weighted by atomic mass is 19.4. The van der Waals surface area contributed by atoms with Crippen LogP contribution in [0.25, 0.3) is 11.3 Å². The molecule has 0 radical (unpaired) electrons. The zero-order chi connectivity index (χ0) is 31.4. The van der Waals surface area contributed by atoms with E-state index in [-0.39, 0.29) is 6.04 Å². The predicted molar refractivity (Wildman–Crippen MR) is 168 cm³/mol. The van der Waals surface area contributed by atoms with Crippen molar-refractivity contribution < 1.29 is 17.6 Å². The Hall–Kier alpha value is -4.09. The van der Waals surface area contributed by atoms with Gasteiger partial charge in [0.05, 0.1) is 23.1 Å². The molecule has 0 bridgehead atoms. The number of nitrogens with zero attached hydrogens (tertiary/aromatic N) is 6. The van der Waals surface area contributed by atoms with Crippen molar-refractivity contribution in [2.75, 3.05) is 43.4 Å². The van der Waals surface area contributed by atoms with Crippen LogP contribution < -0.4 is 10.2 Å². The summed E-state index contributed by atoms with van der Waals surface area (Å²) < 4.78 is 53.6. The molecule has 11 heteroatoms. The minimum absolute atomic E-state index is 0.194. The fraction of sp³-hybridized carbons (Fsp3) is 0.382. The Balaban J connectivity index is 1.22. The van der Waals surface area contributed by atoms with Crippen molar-refractivity contribution in [3.8, 4) is 11.3 Å². The predicted octanol–water partition coefficient (Wildman–Crippen LogP) is 7.01. The van der Waals surface area contributed by atoms with Crippen LogP contribution in [-0.4, -0.2) is 70.1 Å². The summed E-state index contributed by atoms with van der Waals surface area (Å²) in [6, 6.07) is 17.0. The van der Waals surface area contributed by atoms with Crippen LogP contribution in [0.5, 0.6) is 0 Å². The molecule has 2 saturated heterocycles. The number of anilines is 3. The number of benzene rings is 2. The molecular formula is C34H37F4N7. The van der Waals surface area contributed by atoms with Crippen LogP contribution in [0.3, 0.4) is 0 Å². The number of hydrogen-bond donors (Lipinski definition) is 1. The first kappa shape index (κ1) is 30.9. The molecule has 0 atom stereocenters. The van der Waals surface area contributed by atoms with Gasteiger partial charge in [0, 0.05) is 55.4 Å². The molecule has 2 aromatic heterocycles. The third-order valence-electron chi connectivity index (χ3n) is 8.91. The number of likely N-dealkylation sites (tertiary alicyclic amines) is 2. The van der Waals surface area contributed by atoms with Gasteiger partial charge in [-0.1, -0.05) is 24.3 Å². The van der Waals surface area contributed by atoms with Crippen LogP contribution in [-0.2, 0) is 12.7 Å². The number of piperidine rings is 2. The number of pyridine rings is 1. The lowest BCUT2D eigenvalue weighted by Crippen LogP contribution is -2.51. The van der Waals surface area contributed by atoms with E-state index in [4.69, 9.17) is 4.98 Å². The molecule has 236 valence electrons. The maximum Gasteiger partial charge on any atom is 0.416 e. The normalized spacial score (nSPS) is 17.4. The fourth-order valence-electron chi connectivity index (χ4n) is 6.29. The highest BCUT2D eigenvalue weighted by Crippen LogP contribution is 2.32. The van der Waals surface area contributed by atoms with Gasteiger partial charge in [0.25, 0.3) is 0 Å². The summed E-state index contributed by atoms with van der Waals surface area (Å²) in [7, 11) is 2.18.